The van der Waals surface area contributed by atoms with Crippen LogP contribution in [0.1, 0.15) is 21.7 Å². The lowest BCUT2D eigenvalue weighted by atomic mass is 10.1. The van der Waals surface area contributed by atoms with Gasteiger partial charge in [-0.25, -0.2) is 0 Å². The van der Waals surface area contributed by atoms with Crippen LogP contribution in [0.5, 0.6) is 0 Å². The summed E-state index contributed by atoms with van der Waals surface area (Å²) < 4.78 is 26.8. The molecule has 2 rings (SSSR count). The zero-order valence-corrected chi connectivity index (χ0v) is 14.4. The second kappa shape index (κ2) is 6.49. The van der Waals surface area contributed by atoms with E-state index in [1.54, 1.807) is 0 Å². The Balaban J connectivity index is 1.93. The van der Waals surface area contributed by atoms with E-state index in [1.807, 2.05) is 24.8 Å². The van der Waals surface area contributed by atoms with Gasteiger partial charge in [-0.15, -0.1) is 0 Å². The number of carbonyl (C=O) groups excluding carboxylic acids is 1. The number of piperazine rings is 1. The van der Waals surface area contributed by atoms with Gasteiger partial charge < -0.3 is 4.98 Å². The maximum atomic E-state index is 12.3. The van der Waals surface area contributed by atoms with Gasteiger partial charge in [0, 0.05) is 57.2 Å². The fraction of sp³-hybridized carbons (Fsp3) is 0.643. The molecular weight excluding hydrogens is 304 g/mol. The molecule has 0 aromatic carbocycles. The highest BCUT2D eigenvalue weighted by molar-refractivity contribution is 7.86. The smallest absolute Gasteiger partial charge is 0.281 e. The molecule has 1 aromatic heterocycles. The van der Waals surface area contributed by atoms with E-state index >= 15 is 0 Å². The Morgan fingerprint density at radius 3 is 2.27 bits per heavy atom. The molecule has 0 radical (unpaired) electrons. The van der Waals surface area contributed by atoms with Gasteiger partial charge in [-0.05, 0) is 19.9 Å². The standard InChI is InChI=1S/C14H24N4O3S/c1-11-9-13(12(2)15-11)14(19)10-17-5-7-18(8-6-17)22(20,21)16(3)4/h9,15H,5-8,10H2,1-4H3. The molecule has 1 aromatic rings. The van der Waals surface area contributed by atoms with Crippen LogP contribution in [-0.2, 0) is 10.2 Å². The summed E-state index contributed by atoms with van der Waals surface area (Å²) in [6, 6.07) is 1.87. The summed E-state index contributed by atoms with van der Waals surface area (Å²) in [5, 5.41) is 0. The van der Waals surface area contributed by atoms with Crippen molar-refractivity contribution in [2.45, 2.75) is 13.8 Å². The average molecular weight is 328 g/mol. The number of aromatic amines is 1. The third kappa shape index (κ3) is 3.57. The minimum Gasteiger partial charge on any atom is -0.362 e. The number of H-pyrrole nitrogens is 1. The number of aryl methyl sites for hydroxylation is 2. The van der Waals surface area contributed by atoms with E-state index in [0.717, 1.165) is 17.0 Å². The first-order valence-electron chi connectivity index (χ1n) is 7.31. The first kappa shape index (κ1) is 17.1. The summed E-state index contributed by atoms with van der Waals surface area (Å²) in [5.41, 5.74) is 2.58. The molecule has 0 saturated carbocycles. The molecule has 22 heavy (non-hydrogen) atoms. The van der Waals surface area contributed by atoms with Gasteiger partial charge in [-0.3, -0.25) is 9.69 Å². The number of hydrogen-bond acceptors (Lipinski definition) is 4. The number of rotatable bonds is 5. The summed E-state index contributed by atoms with van der Waals surface area (Å²) in [6.45, 7) is 6.12. The first-order valence-corrected chi connectivity index (χ1v) is 8.71. The summed E-state index contributed by atoms with van der Waals surface area (Å²) in [4.78, 5) is 17.5. The molecule has 2 heterocycles. The summed E-state index contributed by atoms with van der Waals surface area (Å²) >= 11 is 0. The van der Waals surface area contributed by atoms with Gasteiger partial charge in [0.05, 0.1) is 6.54 Å². The Kier molecular flexibility index (Phi) is 5.06. The molecule has 1 saturated heterocycles. The molecule has 0 atom stereocenters. The zero-order valence-electron chi connectivity index (χ0n) is 13.6. The number of hydrogen-bond donors (Lipinski definition) is 1. The lowest BCUT2D eigenvalue weighted by Gasteiger charge is -2.34. The highest BCUT2D eigenvalue weighted by Crippen LogP contribution is 2.13. The largest absolute Gasteiger partial charge is 0.362 e. The first-order chi connectivity index (χ1) is 10.2. The normalized spacial score (nSPS) is 18.0. The van der Waals surface area contributed by atoms with Gasteiger partial charge in [0.1, 0.15) is 0 Å². The average Bonchev–Trinajstić information content (AvgIpc) is 2.78. The third-order valence-corrected chi connectivity index (χ3v) is 5.88. The van der Waals surface area contributed by atoms with Crippen molar-refractivity contribution in [3.63, 3.8) is 0 Å². The second-order valence-corrected chi connectivity index (χ2v) is 8.02. The van der Waals surface area contributed by atoms with Crippen molar-refractivity contribution in [1.82, 2.24) is 18.5 Å². The Labute approximate surface area is 132 Å². The van der Waals surface area contributed by atoms with Gasteiger partial charge in [0.2, 0.25) is 0 Å². The molecule has 7 nitrogen and oxygen atoms in total. The lowest BCUT2D eigenvalue weighted by molar-refractivity contribution is 0.0899. The lowest BCUT2D eigenvalue weighted by Crippen LogP contribution is -2.52. The Hall–Kier alpha value is -1.22. The minimum absolute atomic E-state index is 0.0748. The van der Waals surface area contributed by atoms with Crippen molar-refractivity contribution in [1.29, 1.82) is 0 Å². The maximum Gasteiger partial charge on any atom is 0.281 e. The SMILES string of the molecule is Cc1cc(C(=O)CN2CCN(S(=O)(=O)N(C)C)CC2)c(C)[nH]1. The fourth-order valence-corrected chi connectivity index (χ4v) is 3.74. The molecular formula is C14H24N4O3S. The molecule has 0 spiro atoms. The van der Waals surface area contributed by atoms with E-state index in [0.29, 0.717) is 32.7 Å². The highest BCUT2D eigenvalue weighted by atomic mass is 32.2. The van der Waals surface area contributed by atoms with Crippen molar-refractivity contribution < 1.29 is 13.2 Å². The van der Waals surface area contributed by atoms with E-state index in [2.05, 4.69) is 4.98 Å². The van der Waals surface area contributed by atoms with Crippen LogP contribution in [0.25, 0.3) is 0 Å². The highest BCUT2D eigenvalue weighted by Gasteiger charge is 2.29. The molecule has 124 valence electrons. The van der Waals surface area contributed by atoms with Crippen LogP contribution in [-0.4, -0.2) is 79.5 Å². The number of ketones is 1. The topological polar surface area (TPSA) is 76.7 Å². The third-order valence-electron chi connectivity index (χ3n) is 3.94. The molecule has 1 aliphatic heterocycles. The fourth-order valence-electron chi connectivity index (χ4n) is 2.65. The monoisotopic (exact) mass is 328 g/mol. The number of aromatic nitrogens is 1. The van der Waals surface area contributed by atoms with E-state index in [9.17, 15) is 13.2 Å². The van der Waals surface area contributed by atoms with Gasteiger partial charge in [0.15, 0.2) is 5.78 Å². The van der Waals surface area contributed by atoms with Crippen molar-refractivity contribution >= 4 is 16.0 Å². The van der Waals surface area contributed by atoms with Crippen molar-refractivity contribution in [2.24, 2.45) is 0 Å². The van der Waals surface area contributed by atoms with Crippen LogP contribution < -0.4 is 0 Å². The van der Waals surface area contributed by atoms with Crippen molar-refractivity contribution in [3.05, 3.63) is 23.0 Å². The number of Topliss-reactive ketones (excluding diaryl/α,β-unsaturated/α-hetero) is 1. The van der Waals surface area contributed by atoms with Crippen LogP contribution in [0.4, 0.5) is 0 Å². The molecule has 0 aliphatic carbocycles. The number of nitrogens with one attached hydrogen (secondary N) is 1. The quantitative estimate of drug-likeness (QED) is 0.786. The van der Waals surface area contributed by atoms with Gasteiger partial charge in [0.25, 0.3) is 10.2 Å². The minimum atomic E-state index is -3.36. The van der Waals surface area contributed by atoms with Crippen LogP contribution in [0, 0.1) is 13.8 Å². The van der Waals surface area contributed by atoms with E-state index in [4.69, 9.17) is 0 Å². The Morgan fingerprint density at radius 1 is 1.23 bits per heavy atom. The van der Waals surface area contributed by atoms with Crippen molar-refractivity contribution in [3.8, 4) is 0 Å². The Bertz CT molecular complexity index is 643. The zero-order chi connectivity index (χ0) is 16.5. The molecule has 1 N–H and O–H groups in total. The second-order valence-electron chi connectivity index (χ2n) is 5.88. The molecule has 0 bridgehead atoms. The van der Waals surface area contributed by atoms with Gasteiger partial charge in [-0.2, -0.15) is 17.0 Å². The van der Waals surface area contributed by atoms with Crippen LogP contribution in [0.3, 0.4) is 0 Å². The van der Waals surface area contributed by atoms with E-state index in [-0.39, 0.29) is 5.78 Å². The van der Waals surface area contributed by atoms with Crippen molar-refractivity contribution in [2.75, 3.05) is 46.8 Å². The van der Waals surface area contributed by atoms with Crippen LogP contribution in [0.2, 0.25) is 0 Å². The number of carbonyl (C=O) groups is 1. The van der Waals surface area contributed by atoms with E-state index in [1.165, 1.54) is 22.7 Å². The van der Waals surface area contributed by atoms with E-state index < -0.39 is 10.2 Å². The number of nitrogens with zero attached hydrogens (tertiary/aromatic N) is 3. The molecule has 0 unspecified atom stereocenters. The maximum absolute atomic E-state index is 12.3. The predicted octanol–water partition coefficient (Wildman–Crippen LogP) is 0.238. The summed E-state index contributed by atoms with van der Waals surface area (Å²) in [7, 11) is -0.297. The Morgan fingerprint density at radius 2 is 1.82 bits per heavy atom. The molecule has 1 aliphatic rings. The van der Waals surface area contributed by atoms with Gasteiger partial charge >= 0.3 is 0 Å². The molecule has 8 heteroatoms. The predicted molar refractivity (Wildman–Crippen MR) is 85.2 cm³/mol. The van der Waals surface area contributed by atoms with Gasteiger partial charge in [-0.1, -0.05) is 0 Å². The molecule has 1 fully saturated rings. The molecule has 0 amide bonds. The summed E-state index contributed by atoms with van der Waals surface area (Å²) in [5.74, 6) is 0.0748. The van der Waals surface area contributed by atoms with Crippen LogP contribution >= 0.6 is 0 Å². The van der Waals surface area contributed by atoms with Crippen LogP contribution in [0.15, 0.2) is 6.07 Å². The summed E-state index contributed by atoms with van der Waals surface area (Å²) in [6.07, 6.45) is 0.